The SMILES string of the molecule is COc1ccc(OC)c(C(Cl)S(=O)(=O)c2cccc[n+]2[O-])c1. The molecule has 0 bridgehead atoms. The quantitative estimate of drug-likeness (QED) is 0.471. The van der Waals surface area contributed by atoms with Crippen molar-refractivity contribution in [1.82, 2.24) is 0 Å². The Kier molecular flexibility index (Phi) is 4.77. The summed E-state index contributed by atoms with van der Waals surface area (Å²) < 4.78 is 34.1. The van der Waals surface area contributed by atoms with Crippen molar-refractivity contribution in [2.75, 3.05) is 14.2 Å². The smallest absolute Gasteiger partial charge is 0.310 e. The Morgan fingerprint density at radius 3 is 2.50 bits per heavy atom. The Bertz CT molecular complexity index is 779. The lowest BCUT2D eigenvalue weighted by Crippen LogP contribution is -2.34. The van der Waals surface area contributed by atoms with Gasteiger partial charge in [-0.1, -0.05) is 11.6 Å². The van der Waals surface area contributed by atoms with Crippen LogP contribution in [0.15, 0.2) is 47.6 Å². The van der Waals surface area contributed by atoms with Crippen molar-refractivity contribution in [1.29, 1.82) is 0 Å². The van der Waals surface area contributed by atoms with E-state index in [4.69, 9.17) is 21.1 Å². The second-order valence-electron chi connectivity index (χ2n) is 4.33. The number of pyridine rings is 1. The average molecular weight is 344 g/mol. The van der Waals surface area contributed by atoms with Crippen molar-refractivity contribution in [3.8, 4) is 11.5 Å². The maximum absolute atomic E-state index is 12.6. The van der Waals surface area contributed by atoms with Gasteiger partial charge in [0.2, 0.25) is 0 Å². The van der Waals surface area contributed by atoms with E-state index in [1.807, 2.05) is 0 Å². The van der Waals surface area contributed by atoms with Gasteiger partial charge in [0.25, 0.3) is 9.84 Å². The molecule has 1 heterocycles. The molecule has 0 aliphatic heterocycles. The van der Waals surface area contributed by atoms with Gasteiger partial charge in [-0.15, -0.1) is 0 Å². The van der Waals surface area contributed by atoms with Gasteiger partial charge < -0.3 is 14.7 Å². The predicted molar refractivity (Wildman–Crippen MR) is 80.7 cm³/mol. The number of halogens is 1. The van der Waals surface area contributed by atoms with Crippen LogP contribution < -0.4 is 14.2 Å². The zero-order chi connectivity index (χ0) is 16.3. The first-order chi connectivity index (χ1) is 10.4. The topological polar surface area (TPSA) is 79.5 Å². The van der Waals surface area contributed by atoms with Gasteiger partial charge in [0.15, 0.2) is 10.9 Å². The van der Waals surface area contributed by atoms with Crippen molar-refractivity contribution in [3.63, 3.8) is 0 Å². The van der Waals surface area contributed by atoms with E-state index in [-0.39, 0.29) is 16.0 Å². The number of nitrogens with zero attached hydrogens (tertiary/aromatic N) is 1. The molecule has 0 fully saturated rings. The van der Waals surface area contributed by atoms with E-state index in [0.29, 0.717) is 5.75 Å². The molecule has 2 aromatic rings. The molecule has 8 heteroatoms. The molecule has 1 aromatic carbocycles. The molecule has 2 rings (SSSR count). The van der Waals surface area contributed by atoms with Gasteiger partial charge in [-0.25, -0.2) is 8.42 Å². The van der Waals surface area contributed by atoms with E-state index in [2.05, 4.69) is 0 Å². The monoisotopic (exact) mass is 343 g/mol. The van der Waals surface area contributed by atoms with Crippen LogP contribution in [0.3, 0.4) is 0 Å². The van der Waals surface area contributed by atoms with Crippen LogP contribution in [0.25, 0.3) is 0 Å². The molecule has 0 aliphatic rings. The van der Waals surface area contributed by atoms with Crippen molar-refractivity contribution in [2.24, 2.45) is 0 Å². The van der Waals surface area contributed by atoms with Crippen molar-refractivity contribution in [2.45, 2.75) is 9.74 Å². The fourth-order valence-corrected chi connectivity index (χ4v) is 3.68. The Morgan fingerprint density at radius 2 is 1.91 bits per heavy atom. The largest absolute Gasteiger partial charge is 0.618 e. The molecule has 0 amide bonds. The Hall–Kier alpha value is -1.99. The van der Waals surface area contributed by atoms with Crippen LogP contribution >= 0.6 is 11.6 Å². The number of aromatic nitrogens is 1. The molecule has 0 spiro atoms. The van der Waals surface area contributed by atoms with Crippen molar-refractivity contribution in [3.05, 3.63) is 53.4 Å². The average Bonchev–Trinajstić information content (AvgIpc) is 2.53. The maximum Gasteiger partial charge on any atom is 0.310 e. The minimum atomic E-state index is -4.10. The minimum Gasteiger partial charge on any atom is -0.618 e. The van der Waals surface area contributed by atoms with E-state index in [1.54, 1.807) is 12.1 Å². The van der Waals surface area contributed by atoms with E-state index in [1.165, 1.54) is 38.5 Å². The van der Waals surface area contributed by atoms with Crippen LogP contribution in [0.5, 0.6) is 11.5 Å². The maximum atomic E-state index is 12.6. The highest BCUT2D eigenvalue weighted by atomic mass is 35.5. The molecule has 0 radical (unpaired) electrons. The second-order valence-corrected chi connectivity index (χ2v) is 7.01. The number of sulfone groups is 1. The normalized spacial score (nSPS) is 12.7. The molecule has 118 valence electrons. The van der Waals surface area contributed by atoms with Crippen LogP contribution in [0.4, 0.5) is 0 Å². The van der Waals surface area contributed by atoms with E-state index in [0.717, 1.165) is 6.20 Å². The Morgan fingerprint density at radius 1 is 1.18 bits per heavy atom. The third-order valence-corrected chi connectivity index (χ3v) is 5.67. The molecule has 6 nitrogen and oxygen atoms in total. The fraction of sp³-hybridized carbons (Fsp3) is 0.214. The second kappa shape index (κ2) is 6.41. The molecule has 22 heavy (non-hydrogen) atoms. The highest BCUT2D eigenvalue weighted by molar-refractivity contribution is 7.92. The molecule has 0 aliphatic carbocycles. The third kappa shape index (κ3) is 2.95. The predicted octanol–water partition coefficient (Wildman–Crippen LogP) is 2.05. The van der Waals surface area contributed by atoms with Crippen LogP contribution in [0.1, 0.15) is 10.3 Å². The van der Waals surface area contributed by atoms with Gasteiger partial charge in [0.05, 0.1) is 14.2 Å². The molecule has 1 aromatic heterocycles. The number of ether oxygens (including phenoxy) is 2. The lowest BCUT2D eigenvalue weighted by Gasteiger charge is -2.15. The Labute approximate surface area is 133 Å². The summed E-state index contributed by atoms with van der Waals surface area (Å²) >= 11 is 6.14. The van der Waals surface area contributed by atoms with Crippen LogP contribution in [0, 0.1) is 5.21 Å². The standard InChI is InChI=1S/C14H14ClNO5S/c1-20-10-6-7-12(21-2)11(9-10)14(15)22(18,19)13-5-3-4-8-16(13)17/h3-9,14H,1-2H3. The first-order valence-corrected chi connectivity index (χ1v) is 8.18. The first kappa shape index (κ1) is 16.4. The van der Waals surface area contributed by atoms with Crippen molar-refractivity contribution < 1.29 is 22.6 Å². The highest BCUT2D eigenvalue weighted by Crippen LogP contribution is 2.38. The lowest BCUT2D eigenvalue weighted by atomic mass is 10.2. The van der Waals surface area contributed by atoms with Gasteiger partial charge in [-0.3, -0.25) is 0 Å². The lowest BCUT2D eigenvalue weighted by molar-refractivity contribution is -0.646. The first-order valence-electron chi connectivity index (χ1n) is 6.20. The van der Waals surface area contributed by atoms with E-state index in [9.17, 15) is 13.6 Å². The van der Waals surface area contributed by atoms with Gasteiger partial charge in [0.1, 0.15) is 11.5 Å². The summed E-state index contributed by atoms with van der Waals surface area (Å²) in [6.45, 7) is 0. The molecule has 0 saturated heterocycles. The van der Waals surface area contributed by atoms with Gasteiger partial charge in [0, 0.05) is 17.7 Å². The number of methoxy groups -OCH3 is 2. The summed E-state index contributed by atoms with van der Waals surface area (Å²) in [5.41, 5.74) is 0.201. The Balaban J connectivity index is 2.56. The molecule has 1 atom stereocenters. The summed E-state index contributed by atoms with van der Waals surface area (Å²) in [7, 11) is -1.25. The summed E-state index contributed by atoms with van der Waals surface area (Å²) in [5, 5.41) is 11.3. The molecule has 1 unspecified atom stereocenters. The summed E-state index contributed by atoms with van der Waals surface area (Å²) in [6.07, 6.45) is 1.10. The molecular weight excluding hydrogens is 330 g/mol. The summed E-state index contributed by atoms with van der Waals surface area (Å²) in [5.74, 6) is 0.720. The highest BCUT2D eigenvalue weighted by Gasteiger charge is 2.35. The van der Waals surface area contributed by atoms with Gasteiger partial charge in [-0.05, 0) is 24.3 Å². The number of hydrogen-bond donors (Lipinski definition) is 0. The van der Waals surface area contributed by atoms with Crippen LogP contribution in [-0.4, -0.2) is 22.6 Å². The molecule has 0 saturated carbocycles. The van der Waals surface area contributed by atoms with Crippen molar-refractivity contribution >= 4 is 21.4 Å². The number of benzene rings is 1. The summed E-state index contributed by atoms with van der Waals surface area (Å²) in [4.78, 5) is 0. The van der Waals surface area contributed by atoms with Gasteiger partial charge in [-0.2, -0.15) is 4.73 Å². The molecular formula is C14H14ClNO5S. The van der Waals surface area contributed by atoms with Crippen LogP contribution in [0.2, 0.25) is 0 Å². The molecule has 0 N–H and O–H groups in total. The van der Waals surface area contributed by atoms with Gasteiger partial charge >= 0.3 is 5.03 Å². The summed E-state index contributed by atoms with van der Waals surface area (Å²) in [6, 6.07) is 8.72. The number of alkyl halides is 1. The fourth-order valence-electron chi connectivity index (χ4n) is 1.92. The number of hydrogen-bond acceptors (Lipinski definition) is 5. The third-order valence-electron chi connectivity index (χ3n) is 3.03. The van der Waals surface area contributed by atoms with E-state index >= 15 is 0 Å². The van der Waals surface area contributed by atoms with E-state index < -0.39 is 19.6 Å². The number of rotatable bonds is 5. The zero-order valence-corrected chi connectivity index (χ0v) is 13.5. The zero-order valence-electron chi connectivity index (χ0n) is 11.9. The minimum absolute atomic E-state index is 0.201. The van der Waals surface area contributed by atoms with Crippen LogP contribution in [-0.2, 0) is 9.84 Å².